The molecule has 2 rings (SSSR count). The second-order valence-corrected chi connectivity index (χ2v) is 9.37. The number of nitrogens with one attached hydrogen (secondary N) is 1. The largest absolute Gasteiger partial charge is 0.399 e. The highest BCUT2D eigenvalue weighted by molar-refractivity contribution is 7.89. The van der Waals surface area contributed by atoms with Crippen LogP contribution in [0.2, 0.25) is 0 Å². The van der Waals surface area contributed by atoms with Gasteiger partial charge in [-0.3, -0.25) is 4.79 Å². The fourth-order valence-electron chi connectivity index (χ4n) is 3.06. The van der Waals surface area contributed by atoms with Crippen LogP contribution in [0.25, 0.3) is 0 Å². The van der Waals surface area contributed by atoms with E-state index in [2.05, 4.69) is 5.32 Å². The molecule has 0 aliphatic heterocycles. The van der Waals surface area contributed by atoms with E-state index in [9.17, 15) is 18.3 Å². The van der Waals surface area contributed by atoms with Gasteiger partial charge in [0.1, 0.15) is 0 Å². The molecule has 0 saturated heterocycles. The molecule has 2 atom stereocenters. The summed E-state index contributed by atoms with van der Waals surface area (Å²) in [5.74, 6) is 0.0531. The van der Waals surface area contributed by atoms with E-state index in [0.29, 0.717) is 18.5 Å². The van der Waals surface area contributed by atoms with Crippen molar-refractivity contribution in [3.8, 4) is 0 Å². The Labute approximate surface area is 172 Å². The minimum atomic E-state index is -3.83. The lowest BCUT2D eigenvalue weighted by Gasteiger charge is -2.30. The maximum atomic E-state index is 13.1. The number of nitrogens with zero attached hydrogens (tertiary/aromatic N) is 1. The molecule has 7 nitrogen and oxygen atoms in total. The van der Waals surface area contributed by atoms with Crippen molar-refractivity contribution in [3.05, 3.63) is 60.2 Å². The number of nitrogens with two attached hydrogens (primary N) is 1. The summed E-state index contributed by atoms with van der Waals surface area (Å²) in [6.45, 7) is 3.91. The Morgan fingerprint density at radius 2 is 1.69 bits per heavy atom. The van der Waals surface area contributed by atoms with Crippen LogP contribution in [0.4, 0.5) is 5.69 Å². The van der Waals surface area contributed by atoms with Gasteiger partial charge in [0.25, 0.3) is 0 Å². The van der Waals surface area contributed by atoms with Crippen molar-refractivity contribution < 1.29 is 18.3 Å². The van der Waals surface area contributed by atoms with Gasteiger partial charge in [-0.1, -0.05) is 44.2 Å². The van der Waals surface area contributed by atoms with Gasteiger partial charge >= 0.3 is 0 Å². The molecule has 158 valence electrons. The first-order valence-corrected chi connectivity index (χ1v) is 11.0. The maximum absolute atomic E-state index is 13.1. The Morgan fingerprint density at radius 3 is 2.24 bits per heavy atom. The molecule has 0 radical (unpaired) electrons. The zero-order valence-corrected chi connectivity index (χ0v) is 17.5. The summed E-state index contributed by atoms with van der Waals surface area (Å²) in [7, 11) is -3.83. The standard InChI is InChI=1S/C21H29N3O4S/c1-16(2)13-24(29(27,28)19-10-8-18(22)9-11-19)14-21(26)20(23-15-25)12-17-6-4-3-5-7-17/h3-11,15-16,20-21,26H,12-14,22H2,1-2H3,(H,23,25). The number of rotatable bonds is 11. The molecule has 0 aliphatic rings. The second kappa shape index (κ2) is 10.4. The number of nitrogen functional groups attached to an aromatic ring is 1. The number of carbonyl (C=O) groups excluding carboxylic acids is 1. The van der Waals surface area contributed by atoms with Crippen molar-refractivity contribution in [1.29, 1.82) is 0 Å². The predicted octanol–water partition coefficient (Wildman–Crippen LogP) is 1.63. The molecule has 0 saturated carbocycles. The number of hydrogen-bond donors (Lipinski definition) is 3. The third-order valence-corrected chi connectivity index (χ3v) is 6.37. The van der Waals surface area contributed by atoms with E-state index < -0.39 is 22.2 Å². The number of anilines is 1. The van der Waals surface area contributed by atoms with E-state index in [1.54, 1.807) is 0 Å². The van der Waals surface area contributed by atoms with E-state index >= 15 is 0 Å². The van der Waals surface area contributed by atoms with Crippen molar-refractivity contribution in [2.75, 3.05) is 18.8 Å². The highest BCUT2D eigenvalue weighted by Crippen LogP contribution is 2.20. The topological polar surface area (TPSA) is 113 Å². The Hall–Kier alpha value is -2.42. The summed E-state index contributed by atoms with van der Waals surface area (Å²) in [6, 6.07) is 14.8. The third kappa shape index (κ3) is 6.56. The Bertz CT molecular complexity index is 871. The van der Waals surface area contributed by atoms with Gasteiger partial charge in [0.2, 0.25) is 16.4 Å². The Balaban J connectivity index is 2.24. The van der Waals surface area contributed by atoms with Gasteiger partial charge in [-0.25, -0.2) is 8.42 Å². The van der Waals surface area contributed by atoms with Crippen LogP contribution in [0.1, 0.15) is 19.4 Å². The van der Waals surface area contributed by atoms with Crippen LogP contribution in [0.5, 0.6) is 0 Å². The van der Waals surface area contributed by atoms with Crippen molar-refractivity contribution in [2.45, 2.75) is 37.3 Å². The quantitative estimate of drug-likeness (QED) is 0.379. The zero-order chi connectivity index (χ0) is 21.4. The average Bonchev–Trinajstić information content (AvgIpc) is 2.68. The number of aliphatic hydroxyl groups excluding tert-OH is 1. The summed E-state index contributed by atoms with van der Waals surface area (Å²) in [5.41, 5.74) is 7.07. The van der Waals surface area contributed by atoms with E-state index in [0.717, 1.165) is 5.56 Å². The van der Waals surface area contributed by atoms with Crippen LogP contribution in [-0.4, -0.2) is 49.5 Å². The van der Waals surface area contributed by atoms with Crippen LogP contribution < -0.4 is 11.1 Å². The SMILES string of the molecule is CC(C)CN(CC(O)C(Cc1ccccc1)NC=O)S(=O)(=O)c1ccc(N)cc1. The molecule has 0 bridgehead atoms. The third-order valence-electron chi connectivity index (χ3n) is 4.52. The van der Waals surface area contributed by atoms with Crippen LogP contribution in [0, 0.1) is 5.92 Å². The van der Waals surface area contributed by atoms with Crippen molar-refractivity contribution in [2.24, 2.45) is 5.92 Å². The molecule has 8 heteroatoms. The molecule has 0 heterocycles. The maximum Gasteiger partial charge on any atom is 0.243 e. The van der Waals surface area contributed by atoms with E-state index in [4.69, 9.17) is 5.73 Å². The second-order valence-electron chi connectivity index (χ2n) is 7.43. The normalized spacial score (nSPS) is 14.0. The Morgan fingerprint density at radius 1 is 1.07 bits per heavy atom. The van der Waals surface area contributed by atoms with Gasteiger partial charge in [0.05, 0.1) is 17.0 Å². The monoisotopic (exact) mass is 419 g/mol. The van der Waals surface area contributed by atoms with Gasteiger partial charge < -0.3 is 16.2 Å². The smallest absolute Gasteiger partial charge is 0.243 e. The molecule has 0 fully saturated rings. The zero-order valence-electron chi connectivity index (χ0n) is 16.7. The Kier molecular flexibility index (Phi) is 8.19. The number of sulfonamides is 1. The molecule has 0 aromatic heterocycles. The predicted molar refractivity (Wildman–Crippen MR) is 114 cm³/mol. The molecule has 2 unspecified atom stereocenters. The summed E-state index contributed by atoms with van der Waals surface area (Å²) in [6.07, 6.45) is -0.168. The fourth-order valence-corrected chi connectivity index (χ4v) is 4.69. The lowest BCUT2D eigenvalue weighted by molar-refractivity contribution is -0.111. The van der Waals surface area contributed by atoms with Crippen LogP contribution >= 0.6 is 0 Å². The molecule has 4 N–H and O–H groups in total. The van der Waals surface area contributed by atoms with Crippen LogP contribution in [-0.2, 0) is 21.2 Å². The lowest BCUT2D eigenvalue weighted by atomic mass is 10.0. The summed E-state index contributed by atoms with van der Waals surface area (Å²) in [5, 5.41) is 13.4. The van der Waals surface area contributed by atoms with Crippen LogP contribution in [0.3, 0.4) is 0 Å². The van der Waals surface area contributed by atoms with Gasteiger partial charge in [0, 0.05) is 18.8 Å². The molecule has 1 amide bonds. The van der Waals surface area contributed by atoms with E-state index in [-0.39, 0.29) is 23.9 Å². The molecule has 0 spiro atoms. The lowest BCUT2D eigenvalue weighted by Crippen LogP contribution is -2.49. The molecule has 29 heavy (non-hydrogen) atoms. The number of benzene rings is 2. The van der Waals surface area contributed by atoms with Gasteiger partial charge in [-0.05, 0) is 42.2 Å². The highest BCUT2D eigenvalue weighted by atomic mass is 32.2. The number of aliphatic hydroxyl groups is 1. The summed E-state index contributed by atoms with van der Waals surface area (Å²) < 4.78 is 27.5. The number of amides is 1. The molecular weight excluding hydrogens is 390 g/mol. The van der Waals surface area contributed by atoms with Crippen molar-refractivity contribution >= 4 is 22.1 Å². The highest BCUT2D eigenvalue weighted by Gasteiger charge is 2.30. The van der Waals surface area contributed by atoms with E-state index in [1.807, 2.05) is 44.2 Å². The molecule has 2 aromatic rings. The first-order chi connectivity index (χ1) is 13.7. The summed E-state index contributed by atoms with van der Waals surface area (Å²) in [4.78, 5) is 11.2. The fraction of sp³-hybridized carbons (Fsp3) is 0.381. The van der Waals surface area contributed by atoms with Gasteiger partial charge in [-0.2, -0.15) is 4.31 Å². The average molecular weight is 420 g/mol. The van der Waals surface area contributed by atoms with Crippen molar-refractivity contribution in [3.63, 3.8) is 0 Å². The minimum Gasteiger partial charge on any atom is -0.399 e. The number of hydrogen-bond acceptors (Lipinski definition) is 5. The van der Waals surface area contributed by atoms with Crippen LogP contribution in [0.15, 0.2) is 59.5 Å². The van der Waals surface area contributed by atoms with Crippen molar-refractivity contribution in [1.82, 2.24) is 9.62 Å². The molecule has 2 aromatic carbocycles. The molecular formula is C21H29N3O4S. The first-order valence-electron chi connectivity index (χ1n) is 9.51. The van der Waals surface area contributed by atoms with Gasteiger partial charge in [-0.15, -0.1) is 0 Å². The minimum absolute atomic E-state index is 0.0531. The first kappa shape index (κ1) is 22.9. The van der Waals surface area contributed by atoms with E-state index in [1.165, 1.54) is 28.6 Å². The van der Waals surface area contributed by atoms with Gasteiger partial charge in [0.15, 0.2) is 0 Å². The molecule has 0 aliphatic carbocycles. The summed E-state index contributed by atoms with van der Waals surface area (Å²) >= 11 is 0. The number of carbonyl (C=O) groups is 1.